The van der Waals surface area contributed by atoms with Crippen molar-refractivity contribution >= 4 is 5.97 Å². The molecule has 98 valence electrons. The van der Waals surface area contributed by atoms with E-state index in [0.29, 0.717) is 18.2 Å². The minimum absolute atomic E-state index is 0.266. The Morgan fingerprint density at radius 1 is 1.39 bits per heavy atom. The van der Waals surface area contributed by atoms with Crippen LogP contribution >= 0.6 is 0 Å². The number of benzene rings is 1. The molecular weight excluding hydrogens is 230 g/mol. The highest BCUT2D eigenvalue weighted by Gasteiger charge is 2.22. The predicted molar refractivity (Wildman–Crippen MR) is 68.9 cm³/mol. The van der Waals surface area contributed by atoms with Gasteiger partial charge in [-0.2, -0.15) is 0 Å². The van der Waals surface area contributed by atoms with E-state index in [1.54, 1.807) is 31.4 Å². The molecule has 2 rings (SSSR count). The third-order valence-corrected chi connectivity index (χ3v) is 3.40. The zero-order valence-corrected chi connectivity index (χ0v) is 10.9. The Kier molecular flexibility index (Phi) is 4.20. The van der Waals surface area contributed by atoms with Gasteiger partial charge in [-0.25, -0.2) is 4.79 Å². The van der Waals surface area contributed by atoms with Crippen molar-refractivity contribution in [2.24, 2.45) is 0 Å². The van der Waals surface area contributed by atoms with E-state index in [1.165, 1.54) is 6.42 Å². The molecule has 1 aromatic rings. The summed E-state index contributed by atoms with van der Waals surface area (Å²) in [5, 5.41) is 0. The summed E-state index contributed by atoms with van der Waals surface area (Å²) >= 11 is 0. The highest BCUT2D eigenvalue weighted by Crippen LogP contribution is 2.16. The summed E-state index contributed by atoms with van der Waals surface area (Å²) in [6.45, 7) is 1.56. The SMILES string of the molecule is COc1ccc(C(=O)OCC2CCCN2C)cc1. The first-order valence-corrected chi connectivity index (χ1v) is 6.22. The molecule has 1 fully saturated rings. The van der Waals surface area contributed by atoms with Gasteiger partial charge >= 0.3 is 5.97 Å². The van der Waals surface area contributed by atoms with E-state index in [0.717, 1.165) is 18.7 Å². The maximum atomic E-state index is 11.8. The summed E-state index contributed by atoms with van der Waals surface area (Å²) in [6.07, 6.45) is 2.29. The quantitative estimate of drug-likeness (QED) is 0.764. The van der Waals surface area contributed by atoms with Crippen molar-refractivity contribution in [3.05, 3.63) is 29.8 Å². The van der Waals surface area contributed by atoms with E-state index in [4.69, 9.17) is 9.47 Å². The molecule has 0 aromatic heterocycles. The number of ether oxygens (including phenoxy) is 2. The van der Waals surface area contributed by atoms with Crippen molar-refractivity contribution < 1.29 is 14.3 Å². The molecule has 1 unspecified atom stereocenters. The normalized spacial score (nSPS) is 19.8. The Morgan fingerprint density at radius 3 is 2.67 bits per heavy atom. The van der Waals surface area contributed by atoms with Crippen molar-refractivity contribution in [1.29, 1.82) is 0 Å². The van der Waals surface area contributed by atoms with Crippen molar-refractivity contribution in [2.75, 3.05) is 27.3 Å². The third kappa shape index (κ3) is 3.01. The molecule has 0 aliphatic carbocycles. The second-order valence-electron chi connectivity index (χ2n) is 4.60. The number of carbonyl (C=O) groups is 1. The molecule has 0 radical (unpaired) electrons. The zero-order chi connectivity index (χ0) is 13.0. The summed E-state index contributed by atoms with van der Waals surface area (Å²) < 4.78 is 10.4. The van der Waals surface area contributed by atoms with Crippen LogP contribution in [0.3, 0.4) is 0 Å². The molecule has 4 heteroatoms. The number of nitrogens with zero attached hydrogens (tertiary/aromatic N) is 1. The first kappa shape index (κ1) is 12.9. The molecule has 0 amide bonds. The topological polar surface area (TPSA) is 38.8 Å². The summed E-state index contributed by atoms with van der Waals surface area (Å²) in [4.78, 5) is 14.1. The molecule has 1 aromatic carbocycles. The van der Waals surface area contributed by atoms with Crippen molar-refractivity contribution in [3.63, 3.8) is 0 Å². The minimum atomic E-state index is -0.266. The number of rotatable bonds is 4. The van der Waals surface area contributed by atoms with E-state index in [9.17, 15) is 4.79 Å². The second kappa shape index (κ2) is 5.87. The van der Waals surface area contributed by atoms with E-state index in [2.05, 4.69) is 11.9 Å². The second-order valence-corrected chi connectivity index (χ2v) is 4.60. The predicted octanol–water partition coefficient (Wildman–Crippen LogP) is 1.95. The fourth-order valence-electron chi connectivity index (χ4n) is 2.17. The number of hydrogen-bond acceptors (Lipinski definition) is 4. The molecule has 1 atom stereocenters. The minimum Gasteiger partial charge on any atom is -0.497 e. The van der Waals surface area contributed by atoms with Crippen molar-refractivity contribution in [2.45, 2.75) is 18.9 Å². The van der Waals surface area contributed by atoms with Gasteiger partial charge in [0.25, 0.3) is 0 Å². The van der Waals surface area contributed by atoms with Gasteiger partial charge in [0.2, 0.25) is 0 Å². The van der Waals surface area contributed by atoms with Gasteiger partial charge in [0.05, 0.1) is 12.7 Å². The molecule has 18 heavy (non-hydrogen) atoms. The number of hydrogen-bond donors (Lipinski definition) is 0. The Labute approximate surface area is 107 Å². The molecule has 0 N–H and O–H groups in total. The van der Waals surface area contributed by atoms with Gasteiger partial charge in [0.15, 0.2) is 0 Å². The molecule has 1 heterocycles. The highest BCUT2D eigenvalue weighted by atomic mass is 16.5. The molecule has 0 spiro atoms. The van der Waals surface area contributed by atoms with Crippen molar-refractivity contribution in [3.8, 4) is 5.75 Å². The largest absolute Gasteiger partial charge is 0.497 e. The Morgan fingerprint density at radius 2 is 2.11 bits per heavy atom. The average molecular weight is 249 g/mol. The summed E-state index contributed by atoms with van der Waals surface area (Å²) in [7, 11) is 3.67. The number of carbonyl (C=O) groups excluding carboxylic acids is 1. The maximum absolute atomic E-state index is 11.8. The van der Waals surface area contributed by atoms with Crippen LogP contribution in [0.15, 0.2) is 24.3 Å². The number of methoxy groups -OCH3 is 1. The van der Waals surface area contributed by atoms with E-state index < -0.39 is 0 Å². The summed E-state index contributed by atoms with van der Waals surface area (Å²) in [5.41, 5.74) is 0.566. The lowest BCUT2D eigenvalue weighted by Crippen LogP contribution is -2.30. The highest BCUT2D eigenvalue weighted by molar-refractivity contribution is 5.89. The molecule has 0 bridgehead atoms. The lowest BCUT2D eigenvalue weighted by molar-refractivity contribution is 0.0416. The van der Waals surface area contributed by atoms with E-state index in [1.807, 2.05) is 0 Å². The van der Waals surface area contributed by atoms with Gasteiger partial charge in [0.1, 0.15) is 12.4 Å². The van der Waals surface area contributed by atoms with Gasteiger partial charge in [-0.15, -0.1) is 0 Å². The van der Waals surface area contributed by atoms with Crippen LogP contribution < -0.4 is 4.74 Å². The van der Waals surface area contributed by atoms with Gasteiger partial charge in [-0.05, 0) is 50.7 Å². The zero-order valence-electron chi connectivity index (χ0n) is 10.9. The fraction of sp³-hybridized carbons (Fsp3) is 0.500. The summed E-state index contributed by atoms with van der Waals surface area (Å²) in [6, 6.07) is 7.34. The number of likely N-dealkylation sites (N-methyl/N-ethyl adjacent to an activating group) is 1. The third-order valence-electron chi connectivity index (χ3n) is 3.40. The standard InChI is InChI=1S/C14H19NO3/c1-15-9-3-4-12(15)10-18-14(16)11-5-7-13(17-2)8-6-11/h5-8,12H,3-4,9-10H2,1-2H3. The first-order valence-electron chi connectivity index (χ1n) is 6.22. The van der Waals surface area contributed by atoms with E-state index >= 15 is 0 Å². The lowest BCUT2D eigenvalue weighted by Gasteiger charge is -2.18. The van der Waals surface area contributed by atoms with Crippen LogP contribution in [0.2, 0.25) is 0 Å². The van der Waals surface area contributed by atoms with Gasteiger partial charge in [-0.1, -0.05) is 0 Å². The molecular formula is C14H19NO3. The van der Waals surface area contributed by atoms with E-state index in [-0.39, 0.29) is 5.97 Å². The monoisotopic (exact) mass is 249 g/mol. The van der Waals surface area contributed by atoms with Crippen LogP contribution in [0, 0.1) is 0 Å². The Bertz CT molecular complexity index is 402. The molecule has 1 aliphatic rings. The average Bonchev–Trinajstić information content (AvgIpc) is 2.81. The molecule has 4 nitrogen and oxygen atoms in total. The Balaban J connectivity index is 1.87. The molecule has 1 aliphatic heterocycles. The van der Waals surface area contributed by atoms with Gasteiger partial charge < -0.3 is 14.4 Å². The van der Waals surface area contributed by atoms with Crippen LogP contribution in [0.5, 0.6) is 5.75 Å². The van der Waals surface area contributed by atoms with Crippen LogP contribution in [0.4, 0.5) is 0 Å². The van der Waals surface area contributed by atoms with Gasteiger partial charge in [-0.3, -0.25) is 0 Å². The molecule has 1 saturated heterocycles. The lowest BCUT2D eigenvalue weighted by atomic mass is 10.2. The van der Waals surface area contributed by atoms with Gasteiger partial charge in [0, 0.05) is 6.04 Å². The number of esters is 1. The Hall–Kier alpha value is -1.55. The van der Waals surface area contributed by atoms with Crippen LogP contribution in [-0.4, -0.2) is 44.2 Å². The fourth-order valence-corrected chi connectivity index (χ4v) is 2.17. The molecule has 0 saturated carbocycles. The van der Waals surface area contributed by atoms with Crippen molar-refractivity contribution in [1.82, 2.24) is 4.90 Å². The van der Waals surface area contributed by atoms with Crippen LogP contribution in [0.25, 0.3) is 0 Å². The van der Waals surface area contributed by atoms with Crippen LogP contribution in [-0.2, 0) is 4.74 Å². The van der Waals surface area contributed by atoms with Crippen LogP contribution in [0.1, 0.15) is 23.2 Å². The first-order chi connectivity index (χ1) is 8.70. The maximum Gasteiger partial charge on any atom is 0.338 e. The summed E-state index contributed by atoms with van der Waals surface area (Å²) in [5.74, 6) is 0.472. The number of likely N-dealkylation sites (tertiary alicyclic amines) is 1. The smallest absolute Gasteiger partial charge is 0.338 e.